The average Bonchev–Trinajstić information content (AvgIpc) is 3.02. The third-order valence-electron chi connectivity index (χ3n) is 5.44. The van der Waals surface area contributed by atoms with Crippen molar-refractivity contribution in [2.45, 2.75) is 57.3 Å². The molecule has 1 atom stereocenters. The Morgan fingerprint density at radius 1 is 0.852 bits per heavy atom. The number of aliphatic carboxylic acids is 2. The van der Waals surface area contributed by atoms with Gasteiger partial charge in [0, 0.05) is 6.42 Å². The second kappa shape index (κ2) is 8.85. The number of carboxylic acid groups (broad SMARTS) is 2. The third-order valence-corrected chi connectivity index (χ3v) is 5.44. The third kappa shape index (κ3) is 4.57. The lowest BCUT2D eigenvalue weighted by atomic mass is 9.87. The number of benzene rings is 2. The number of hydrogen-bond acceptors (Lipinski definition) is 2. The van der Waals surface area contributed by atoms with E-state index in [0.29, 0.717) is 12.8 Å². The minimum Gasteiger partial charge on any atom is -0.481 e. The van der Waals surface area contributed by atoms with Crippen LogP contribution in [0, 0.1) is 0 Å². The van der Waals surface area contributed by atoms with Gasteiger partial charge in [0.25, 0.3) is 0 Å². The van der Waals surface area contributed by atoms with Crippen molar-refractivity contribution in [2.24, 2.45) is 0 Å². The lowest BCUT2D eigenvalue weighted by Crippen LogP contribution is -2.13. The zero-order valence-corrected chi connectivity index (χ0v) is 15.5. The Morgan fingerprint density at radius 3 is 2.33 bits per heavy atom. The Hall–Kier alpha value is -2.62. The number of unbranched alkanes of at least 4 members (excludes halogenated alkanes) is 4. The maximum Gasteiger partial charge on any atom is 0.310 e. The Balaban J connectivity index is 1.63. The van der Waals surface area contributed by atoms with Crippen LogP contribution in [-0.2, 0) is 16.0 Å². The van der Waals surface area contributed by atoms with E-state index in [-0.39, 0.29) is 6.42 Å². The summed E-state index contributed by atoms with van der Waals surface area (Å²) in [5, 5.41) is 18.5. The van der Waals surface area contributed by atoms with Gasteiger partial charge in [0.1, 0.15) is 0 Å². The second-order valence-electron chi connectivity index (χ2n) is 7.30. The fraction of sp³-hybridized carbons (Fsp3) is 0.391. The van der Waals surface area contributed by atoms with Crippen LogP contribution in [-0.4, -0.2) is 22.2 Å². The number of fused-ring (bicyclic) bond motifs is 3. The maximum atomic E-state index is 11.9. The smallest absolute Gasteiger partial charge is 0.310 e. The van der Waals surface area contributed by atoms with Crippen molar-refractivity contribution >= 4 is 11.9 Å². The highest BCUT2D eigenvalue weighted by atomic mass is 16.4. The molecule has 0 bridgehead atoms. The van der Waals surface area contributed by atoms with E-state index in [1.807, 2.05) is 24.3 Å². The van der Waals surface area contributed by atoms with Crippen LogP contribution in [0.1, 0.15) is 67.6 Å². The van der Waals surface area contributed by atoms with Crippen LogP contribution in [0.5, 0.6) is 0 Å². The van der Waals surface area contributed by atoms with Crippen LogP contribution < -0.4 is 0 Å². The molecule has 0 saturated carbocycles. The Morgan fingerprint density at radius 2 is 1.56 bits per heavy atom. The van der Waals surface area contributed by atoms with Gasteiger partial charge in [-0.1, -0.05) is 68.1 Å². The molecular formula is C23H26O4. The summed E-state index contributed by atoms with van der Waals surface area (Å²) in [5.41, 5.74) is 5.76. The van der Waals surface area contributed by atoms with E-state index < -0.39 is 17.9 Å². The fourth-order valence-electron chi connectivity index (χ4n) is 4.08. The first-order chi connectivity index (χ1) is 13.1. The summed E-state index contributed by atoms with van der Waals surface area (Å²) in [6, 6.07) is 14.3. The van der Waals surface area contributed by atoms with Gasteiger partial charge in [-0.15, -0.1) is 0 Å². The van der Waals surface area contributed by atoms with E-state index in [1.165, 1.54) is 16.7 Å². The molecule has 0 radical (unpaired) electrons. The van der Waals surface area contributed by atoms with Gasteiger partial charge in [-0.05, 0) is 47.1 Å². The average molecular weight is 366 g/mol. The minimum atomic E-state index is -0.759. The predicted octanol–water partition coefficient (Wildman–Crippen LogP) is 5.24. The summed E-state index contributed by atoms with van der Waals surface area (Å²) in [5.74, 6) is -1.99. The summed E-state index contributed by atoms with van der Waals surface area (Å²) < 4.78 is 0. The zero-order chi connectivity index (χ0) is 19.2. The molecule has 4 heteroatoms. The van der Waals surface area contributed by atoms with Gasteiger partial charge in [-0.3, -0.25) is 9.59 Å². The number of carbonyl (C=O) groups is 2. The quantitative estimate of drug-likeness (QED) is 0.481. The van der Waals surface area contributed by atoms with Crippen molar-refractivity contribution < 1.29 is 19.8 Å². The molecule has 4 nitrogen and oxygen atoms in total. The van der Waals surface area contributed by atoms with E-state index in [4.69, 9.17) is 5.11 Å². The second-order valence-corrected chi connectivity index (χ2v) is 7.30. The van der Waals surface area contributed by atoms with Crippen LogP contribution in [0.25, 0.3) is 11.1 Å². The molecule has 0 spiro atoms. The van der Waals surface area contributed by atoms with Gasteiger partial charge in [0.05, 0.1) is 5.92 Å². The molecule has 27 heavy (non-hydrogen) atoms. The standard InChI is InChI=1S/C23H26O4/c24-22(25)14-5-3-1-2-4-11-20(23(26)27)19-13-8-12-18-17-10-7-6-9-16(17)15-21(18)19/h6-10,12-13,20H,1-5,11,14-15H2,(H,24,25)(H,26,27). The molecule has 1 aliphatic rings. The molecular weight excluding hydrogens is 340 g/mol. The molecule has 2 N–H and O–H groups in total. The van der Waals surface area contributed by atoms with Gasteiger partial charge < -0.3 is 10.2 Å². The normalized spacial score (nSPS) is 13.0. The summed E-state index contributed by atoms with van der Waals surface area (Å²) in [7, 11) is 0. The lowest BCUT2D eigenvalue weighted by molar-refractivity contribution is -0.139. The van der Waals surface area contributed by atoms with Crippen LogP contribution in [0.2, 0.25) is 0 Å². The van der Waals surface area contributed by atoms with Gasteiger partial charge in [0.15, 0.2) is 0 Å². The molecule has 0 fully saturated rings. The molecule has 1 unspecified atom stereocenters. The molecule has 1 aliphatic carbocycles. The molecule has 0 heterocycles. The first-order valence-electron chi connectivity index (χ1n) is 9.72. The molecule has 142 valence electrons. The number of carboxylic acids is 2. The molecule has 2 aromatic rings. The van der Waals surface area contributed by atoms with E-state index in [2.05, 4.69) is 18.2 Å². The summed E-state index contributed by atoms with van der Waals surface area (Å²) in [6.07, 6.45) is 5.98. The molecule has 0 aliphatic heterocycles. The molecule has 0 aromatic heterocycles. The Bertz CT molecular complexity index is 825. The van der Waals surface area contributed by atoms with Crippen molar-refractivity contribution in [3.8, 4) is 11.1 Å². The summed E-state index contributed by atoms with van der Waals surface area (Å²) in [4.78, 5) is 22.5. The highest BCUT2D eigenvalue weighted by Gasteiger charge is 2.27. The fourth-order valence-corrected chi connectivity index (χ4v) is 4.08. The monoisotopic (exact) mass is 366 g/mol. The number of hydrogen-bond donors (Lipinski definition) is 2. The predicted molar refractivity (Wildman–Crippen MR) is 105 cm³/mol. The Labute approximate surface area is 159 Å². The van der Waals surface area contributed by atoms with Crippen molar-refractivity contribution in [1.29, 1.82) is 0 Å². The summed E-state index contributed by atoms with van der Waals surface area (Å²) in [6.45, 7) is 0. The van der Waals surface area contributed by atoms with Crippen LogP contribution in [0.3, 0.4) is 0 Å². The zero-order valence-electron chi connectivity index (χ0n) is 15.5. The van der Waals surface area contributed by atoms with Crippen molar-refractivity contribution in [3.05, 3.63) is 59.2 Å². The highest BCUT2D eigenvalue weighted by molar-refractivity contribution is 5.82. The largest absolute Gasteiger partial charge is 0.481 e. The van der Waals surface area contributed by atoms with Gasteiger partial charge in [0.2, 0.25) is 0 Å². The Kier molecular flexibility index (Phi) is 6.28. The maximum absolute atomic E-state index is 11.9. The van der Waals surface area contributed by atoms with Crippen molar-refractivity contribution in [2.75, 3.05) is 0 Å². The van der Waals surface area contributed by atoms with Gasteiger partial charge >= 0.3 is 11.9 Å². The highest BCUT2D eigenvalue weighted by Crippen LogP contribution is 2.41. The number of rotatable bonds is 10. The minimum absolute atomic E-state index is 0.217. The molecule has 2 aromatic carbocycles. The topological polar surface area (TPSA) is 74.6 Å². The lowest BCUT2D eigenvalue weighted by Gasteiger charge is -2.17. The van der Waals surface area contributed by atoms with Crippen molar-refractivity contribution in [3.63, 3.8) is 0 Å². The molecule has 0 saturated heterocycles. The van der Waals surface area contributed by atoms with E-state index in [9.17, 15) is 14.7 Å². The first kappa shape index (κ1) is 19.2. The van der Waals surface area contributed by atoms with Crippen LogP contribution in [0.4, 0.5) is 0 Å². The SMILES string of the molecule is O=C(O)CCCCCCCC(C(=O)O)c1cccc2c1Cc1ccccc1-2. The van der Waals surface area contributed by atoms with E-state index >= 15 is 0 Å². The van der Waals surface area contributed by atoms with Crippen molar-refractivity contribution in [1.82, 2.24) is 0 Å². The van der Waals surface area contributed by atoms with Gasteiger partial charge in [-0.25, -0.2) is 0 Å². The summed E-state index contributed by atoms with van der Waals surface area (Å²) >= 11 is 0. The molecule has 3 rings (SSSR count). The van der Waals surface area contributed by atoms with Gasteiger partial charge in [-0.2, -0.15) is 0 Å². The van der Waals surface area contributed by atoms with E-state index in [1.54, 1.807) is 0 Å². The molecule has 0 amide bonds. The van der Waals surface area contributed by atoms with Crippen LogP contribution >= 0.6 is 0 Å². The first-order valence-corrected chi connectivity index (χ1v) is 9.72. The van der Waals surface area contributed by atoms with E-state index in [0.717, 1.165) is 43.2 Å². The van der Waals surface area contributed by atoms with Crippen LogP contribution in [0.15, 0.2) is 42.5 Å².